The minimum absolute atomic E-state index is 0.171. The number of hydrogen-bond donors (Lipinski definition) is 1. The zero-order valence-electron chi connectivity index (χ0n) is 15.6. The maximum atomic E-state index is 12.2. The molecule has 5 heteroatoms. The second-order valence-corrected chi connectivity index (χ2v) is 6.29. The zero-order valence-corrected chi connectivity index (χ0v) is 15.6. The number of ether oxygens (including phenoxy) is 2. The number of benzene rings is 2. The SMILES string of the molecule is COc1cc(C(=O)O[C@@H](C)C(=O)NC[C@H](C)c2ccccc2)ccc1C. The summed E-state index contributed by atoms with van der Waals surface area (Å²) < 4.78 is 10.5. The lowest BCUT2D eigenvalue weighted by molar-refractivity contribution is -0.129. The van der Waals surface area contributed by atoms with E-state index in [1.165, 1.54) is 0 Å². The van der Waals surface area contributed by atoms with E-state index >= 15 is 0 Å². The molecule has 2 rings (SSSR count). The second-order valence-electron chi connectivity index (χ2n) is 6.29. The van der Waals surface area contributed by atoms with Crippen LogP contribution in [0, 0.1) is 6.92 Å². The number of amides is 1. The maximum absolute atomic E-state index is 12.2. The quantitative estimate of drug-likeness (QED) is 0.773. The molecule has 26 heavy (non-hydrogen) atoms. The Morgan fingerprint density at radius 3 is 2.42 bits per heavy atom. The Kier molecular flexibility index (Phi) is 6.78. The molecule has 2 aromatic carbocycles. The van der Waals surface area contributed by atoms with Crippen molar-refractivity contribution in [3.8, 4) is 5.75 Å². The first-order valence-corrected chi connectivity index (χ1v) is 8.60. The Labute approximate surface area is 154 Å². The fourth-order valence-corrected chi connectivity index (χ4v) is 2.53. The number of carbonyl (C=O) groups is 2. The van der Waals surface area contributed by atoms with Crippen molar-refractivity contribution in [2.45, 2.75) is 32.8 Å². The summed E-state index contributed by atoms with van der Waals surface area (Å²) in [6.07, 6.45) is -0.877. The average Bonchev–Trinajstić information content (AvgIpc) is 2.66. The van der Waals surface area contributed by atoms with Gasteiger partial charge in [-0.05, 0) is 43.0 Å². The van der Waals surface area contributed by atoms with Gasteiger partial charge in [0, 0.05) is 6.54 Å². The third-order valence-corrected chi connectivity index (χ3v) is 4.25. The molecule has 0 unspecified atom stereocenters. The summed E-state index contributed by atoms with van der Waals surface area (Å²) in [6.45, 7) is 5.96. The third kappa shape index (κ3) is 5.09. The standard InChI is InChI=1S/C21H25NO4/c1-14-10-11-18(12-19(14)25-4)21(24)26-16(3)20(23)22-13-15(2)17-8-6-5-7-9-17/h5-12,15-16H,13H2,1-4H3,(H,22,23)/t15-,16-/m0/s1. The molecule has 0 heterocycles. The molecule has 0 saturated heterocycles. The van der Waals surface area contributed by atoms with Crippen molar-refractivity contribution in [1.82, 2.24) is 5.32 Å². The molecule has 0 bridgehead atoms. The monoisotopic (exact) mass is 355 g/mol. The summed E-state index contributed by atoms with van der Waals surface area (Å²) in [4.78, 5) is 24.5. The lowest BCUT2D eigenvalue weighted by Gasteiger charge is -2.17. The molecule has 0 aliphatic carbocycles. The minimum atomic E-state index is -0.877. The minimum Gasteiger partial charge on any atom is -0.496 e. The van der Waals surface area contributed by atoms with E-state index in [0.29, 0.717) is 17.9 Å². The predicted molar refractivity (Wildman–Crippen MR) is 100 cm³/mol. The van der Waals surface area contributed by atoms with Crippen molar-refractivity contribution in [3.05, 3.63) is 65.2 Å². The molecule has 2 atom stereocenters. The van der Waals surface area contributed by atoms with E-state index in [9.17, 15) is 9.59 Å². The number of methoxy groups -OCH3 is 1. The molecule has 5 nitrogen and oxygen atoms in total. The molecule has 2 aromatic rings. The van der Waals surface area contributed by atoms with E-state index in [0.717, 1.165) is 11.1 Å². The zero-order chi connectivity index (χ0) is 19.1. The normalized spacial score (nSPS) is 12.8. The fraction of sp³-hybridized carbons (Fsp3) is 0.333. The summed E-state index contributed by atoms with van der Waals surface area (Å²) in [5, 5.41) is 2.83. The van der Waals surface area contributed by atoms with Gasteiger partial charge in [0.2, 0.25) is 0 Å². The van der Waals surface area contributed by atoms with Crippen LogP contribution in [0.2, 0.25) is 0 Å². The Bertz CT molecular complexity index is 758. The van der Waals surface area contributed by atoms with Gasteiger partial charge in [-0.1, -0.05) is 43.3 Å². The molecule has 0 fully saturated rings. The first kappa shape index (κ1) is 19.5. The average molecular weight is 355 g/mol. The van der Waals surface area contributed by atoms with E-state index < -0.39 is 12.1 Å². The van der Waals surface area contributed by atoms with Crippen molar-refractivity contribution in [3.63, 3.8) is 0 Å². The Morgan fingerprint density at radius 1 is 1.08 bits per heavy atom. The van der Waals surface area contributed by atoms with Crippen LogP contribution in [0.25, 0.3) is 0 Å². The van der Waals surface area contributed by atoms with Crippen molar-refractivity contribution in [2.75, 3.05) is 13.7 Å². The van der Waals surface area contributed by atoms with Crippen molar-refractivity contribution in [2.24, 2.45) is 0 Å². The van der Waals surface area contributed by atoms with Crippen LogP contribution in [0.5, 0.6) is 5.75 Å². The Balaban J connectivity index is 1.89. The first-order valence-electron chi connectivity index (χ1n) is 8.60. The molecular weight excluding hydrogens is 330 g/mol. The largest absolute Gasteiger partial charge is 0.496 e. The molecule has 0 spiro atoms. The molecule has 0 radical (unpaired) electrons. The van der Waals surface area contributed by atoms with Crippen LogP contribution in [-0.2, 0) is 9.53 Å². The number of carbonyl (C=O) groups excluding carboxylic acids is 2. The van der Waals surface area contributed by atoms with Gasteiger partial charge in [0.05, 0.1) is 12.7 Å². The van der Waals surface area contributed by atoms with Crippen LogP contribution in [0.15, 0.2) is 48.5 Å². The molecule has 1 N–H and O–H groups in total. The van der Waals surface area contributed by atoms with Crippen LogP contribution in [-0.4, -0.2) is 31.6 Å². The van der Waals surface area contributed by atoms with Gasteiger partial charge in [-0.25, -0.2) is 4.79 Å². The number of hydrogen-bond acceptors (Lipinski definition) is 4. The summed E-state index contributed by atoms with van der Waals surface area (Å²) in [6, 6.07) is 15.0. The van der Waals surface area contributed by atoms with Crippen LogP contribution >= 0.6 is 0 Å². The van der Waals surface area contributed by atoms with E-state index in [1.54, 1.807) is 32.2 Å². The van der Waals surface area contributed by atoms with Crippen molar-refractivity contribution in [1.29, 1.82) is 0 Å². The second kappa shape index (κ2) is 9.04. The summed E-state index contributed by atoms with van der Waals surface area (Å²) in [5.41, 5.74) is 2.42. The molecule has 0 aliphatic heterocycles. The highest BCUT2D eigenvalue weighted by molar-refractivity contribution is 5.92. The Morgan fingerprint density at radius 2 is 1.77 bits per heavy atom. The molecule has 0 aromatic heterocycles. The van der Waals surface area contributed by atoms with Gasteiger partial charge in [0.15, 0.2) is 6.10 Å². The highest BCUT2D eigenvalue weighted by Crippen LogP contribution is 2.20. The lowest BCUT2D eigenvalue weighted by Crippen LogP contribution is -2.37. The summed E-state index contributed by atoms with van der Waals surface area (Å²) in [7, 11) is 1.54. The van der Waals surface area contributed by atoms with Gasteiger partial charge in [-0.3, -0.25) is 4.79 Å². The van der Waals surface area contributed by atoms with Gasteiger partial charge in [-0.2, -0.15) is 0 Å². The van der Waals surface area contributed by atoms with E-state index in [-0.39, 0.29) is 11.8 Å². The van der Waals surface area contributed by atoms with Crippen LogP contribution in [0.4, 0.5) is 0 Å². The van der Waals surface area contributed by atoms with Gasteiger partial charge >= 0.3 is 5.97 Å². The van der Waals surface area contributed by atoms with Gasteiger partial charge < -0.3 is 14.8 Å². The highest BCUT2D eigenvalue weighted by atomic mass is 16.5. The molecule has 0 saturated carbocycles. The summed E-state index contributed by atoms with van der Waals surface area (Å²) >= 11 is 0. The van der Waals surface area contributed by atoms with Crippen LogP contribution in [0.1, 0.15) is 41.3 Å². The van der Waals surface area contributed by atoms with Gasteiger partial charge in [0.1, 0.15) is 5.75 Å². The number of rotatable bonds is 7. The number of esters is 1. The van der Waals surface area contributed by atoms with E-state index in [1.807, 2.05) is 44.2 Å². The van der Waals surface area contributed by atoms with Gasteiger partial charge in [-0.15, -0.1) is 0 Å². The van der Waals surface area contributed by atoms with Crippen molar-refractivity contribution >= 4 is 11.9 Å². The maximum Gasteiger partial charge on any atom is 0.339 e. The molecule has 1 amide bonds. The topological polar surface area (TPSA) is 64.6 Å². The lowest BCUT2D eigenvalue weighted by atomic mass is 10.0. The molecular formula is C21H25NO4. The molecule has 138 valence electrons. The fourth-order valence-electron chi connectivity index (χ4n) is 2.53. The smallest absolute Gasteiger partial charge is 0.339 e. The Hall–Kier alpha value is -2.82. The number of nitrogens with one attached hydrogen (secondary N) is 1. The van der Waals surface area contributed by atoms with Gasteiger partial charge in [0.25, 0.3) is 5.91 Å². The van der Waals surface area contributed by atoms with Crippen molar-refractivity contribution < 1.29 is 19.1 Å². The van der Waals surface area contributed by atoms with Crippen LogP contribution in [0.3, 0.4) is 0 Å². The van der Waals surface area contributed by atoms with E-state index in [2.05, 4.69) is 5.32 Å². The van der Waals surface area contributed by atoms with E-state index in [4.69, 9.17) is 9.47 Å². The van der Waals surface area contributed by atoms with Crippen LogP contribution < -0.4 is 10.1 Å². The predicted octanol–water partition coefficient (Wildman–Crippen LogP) is 3.47. The third-order valence-electron chi connectivity index (χ3n) is 4.25. The highest BCUT2D eigenvalue weighted by Gasteiger charge is 2.20. The summed E-state index contributed by atoms with van der Waals surface area (Å²) in [5.74, 6) is -0.0973. The first-order chi connectivity index (χ1) is 12.4. The number of aryl methyl sites for hydroxylation is 1. The molecule has 0 aliphatic rings.